The molecular formula is C11H10F3N3. The van der Waals surface area contributed by atoms with Crippen LogP contribution in [0.4, 0.5) is 18.9 Å². The molecule has 2 aromatic rings. The first kappa shape index (κ1) is 11.5. The van der Waals surface area contributed by atoms with Gasteiger partial charge in [-0.05, 0) is 30.7 Å². The fourth-order valence-corrected chi connectivity index (χ4v) is 1.52. The van der Waals surface area contributed by atoms with E-state index in [2.05, 4.69) is 5.10 Å². The lowest BCUT2D eigenvalue weighted by Gasteiger charge is -2.13. The number of benzene rings is 1. The van der Waals surface area contributed by atoms with Crippen molar-refractivity contribution in [1.29, 1.82) is 0 Å². The standard InChI is InChI=1S/C11H10F3N3/c1-7-5-16-17(6-7)10-4-8(15)2-3-9(10)11(12,13)14/h2-6H,15H2,1H3. The van der Waals surface area contributed by atoms with Crippen LogP contribution >= 0.6 is 0 Å². The van der Waals surface area contributed by atoms with Gasteiger partial charge in [0.05, 0.1) is 17.4 Å². The molecule has 0 aliphatic rings. The molecule has 0 amide bonds. The number of halogens is 3. The van der Waals surface area contributed by atoms with Crippen LogP contribution in [-0.2, 0) is 6.18 Å². The van der Waals surface area contributed by atoms with Gasteiger partial charge >= 0.3 is 6.18 Å². The summed E-state index contributed by atoms with van der Waals surface area (Å²) in [6.07, 6.45) is -1.42. The quantitative estimate of drug-likeness (QED) is 0.780. The third-order valence-corrected chi connectivity index (χ3v) is 2.29. The molecule has 0 spiro atoms. The lowest BCUT2D eigenvalue weighted by Crippen LogP contribution is -2.11. The third-order valence-electron chi connectivity index (χ3n) is 2.29. The summed E-state index contributed by atoms with van der Waals surface area (Å²) in [5.41, 5.74) is 5.73. The Bertz CT molecular complexity index is 543. The smallest absolute Gasteiger partial charge is 0.399 e. The molecule has 0 fully saturated rings. The van der Waals surface area contributed by atoms with Crippen molar-refractivity contribution in [3.05, 3.63) is 41.7 Å². The van der Waals surface area contributed by atoms with Gasteiger partial charge in [0, 0.05) is 11.9 Å². The highest BCUT2D eigenvalue weighted by atomic mass is 19.4. The summed E-state index contributed by atoms with van der Waals surface area (Å²) in [6, 6.07) is 3.44. The van der Waals surface area contributed by atoms with Crippen molar-refractivity contribution in [2.75, 3.05) is 5.73 Å². The van der Waals surface area contributed by atoms with Crippen molar-refractivity contribution in [3.63, 3.8) is 0 Å². The minimum Gasteiger partial charge on any atom is -0.399 e. The lowest BCUT2D eigenvalue weighted by molar-refractivity contribution is -0.137. The van der Waals surface area contributed by atoms with E-state index in [0.29, 0.717) is 0 Å². The summed E-state index contributed by atoms with van der Waals surface area (Å²) in [5, 5.41) is 3.86. The number of nitrogens with two attached hydrogens (primary N) is 1. The first-order valence-electron chi connectivity index (χ1n) is 4.86. The van der Waals surface area contributed by atoms with E-state index >= 15 is 0 Å². The van der Waals surface area contributed by atoms with Crippen LogP contribution in [0.25, 0.3) is 5.69 Å². The molecule has 6 heteroatoms. The predicted molar refractivity (Wildman–Crippen MR) is 57.7 cm³/mol. The van der Waals surface area contributed by atoms with E-state index in [1.165, 1.54) is 29.2 Å². The molecule has 0 bridgehead atoms. The van der Waals surface area contributed by atoms with E-state index in [0.717, 1.165) is 11.6 Å². The van der Waals surface area contributed by atoms with E-state index in [1.54, 1.807) is 6.92 Å². The molecule has 2 rings (SSSR count). The van der Waals surface area contributed by atoms with Crippen LogP contribution in [0, 0.1) is 6.92 Å². The van der Waals surface area contributed by atoms with Crippen molar-refractivity contribution in [2.24, 2.45) is 0 Å². The van der Waals surface area contributed by atoms with Crippen molar-refractivity contribution in [1.82, 2.24) is 9.78 Å². The Hall–Kier alpha value is -1.98. The highest BCUT2D eigenvalue weighted by Crippen LogP contribution is 2.34. The summed E-state index contributed by atoms with van der Waals surface area (Å²) in [6.45, 7) is 1.75. The van der Waals surface area contributed by atoms with Crippen LogP contribution in [0.3, 0.4) is 0 Å². The Morgan fingerprint density at radius 3 is 2.53 bits per heavy atom. The topological polar surface area (TPSA) is 43.8 Å². The molecule has 1 aromatic carbocycles. The van der Waals surface area contributed by atoms with E-state index in [1.807, 2.05) is 0 Å². The fraction of sp³-hybridized carbons (Fsp3) is 0.182. The molecule has 0 saturated heterocycles. The molecule has 17 heavy (non-hydrogen) atoms. The van der Waals surface area contributed by atoms with Crippen LogP contribution in [0.15, 0.2) is 30.6 Å². The molecule has 0 aliphatic carbocycles. The molecule has 0 saturated carbocycles. The van der Waals surface area contributed by atoms with E-state index in [4.69, 9.17) is 5.73 Å². The van der Waals surface area contributed by atoms with Gasteiger partial charge in [-0.25, -0.2) is 4.68 Å². The second-order valence-corrected chi connectivity index (χ2v) is 3.74. The number of aromatic nitrogens is 2. The SMILES string of the molecule is Cc1cnn(-c2cc(N)ccc2C(F)(F)F)c1. The van der Waals surface area contributed by atoms with Gasteiger partial charge in [-0.15, -0.1) is 0 Å². The van der Waals surface area contributed by atoms with E-state index in [9.17, 15) is 13.2 Å². The summed E-state index contributed by atoms with van der Waals surface area (Å²) in [4.78, 5) is 0. The minimum atomic E-state index is -4.43. The largest absolute Gasteiger partial charge is 0.418 e. The van der Waals surface area contributed by atoms with Crippen molar-refractivity contribution in [3.8, 4) is 5.69 Å². The number of hydrogen-bond donors (Lipinski definition) is 1. The lowest BCUT2D eigenvalue weighted by atomic mass is 10.1. The molecule has 90 valence electrons. The van der Waals surface area contributed by atoms with Gasteiger partial charge in [0.2, 0.25) is 0 Å². The summed E-state index contributed by atoms with van der Waals surface area (Å²) >= 11 is 0. The Balaban J connectivity index is 2.63. The van der Waals surface area contributed by atoms with Crippen molar-refractivity contribution in [2.45, 2.75) is 13.1 Å². The van der Waals surface area contributed by atoms with Crippen LogP contribution in [0.5, 0.6) is 0 Å². The Morgan fingerprint density at radius 2 is 2.00 bits per heavy atom. The number of nitrogens with zero attached hydrogens (tertiary/aromatic N) is 2. The number of anilines is 1. The van der Waals surface area contributed by atoms with Crippen LogP contribution in [0.2, 0.25) is 0 Å². The molecule has 0 unspecified atom stereocenters. The van der Waals surface area contributed by atoms with Crippen molar-refractivity contribution >= 4 is 5.69 Å². The first-order chi connectivity index (χ1) is 7.88. The van der Waals surface area contributed by atoms with Gasteiger partial charge in [-0.1, -0.05) is 0 Å². The van der Waals surface area contributed by atoms with E-state index in [-0.39, 0.29) is 11.4 Å². The maximum Gasteiger partial charge on any atom is 0.418 e. The zero-order chi connectivity index (χ0) is 12.6. The normalized spacial score (nSPS) is 11.8. The molecule has 1 heterocycles. The summed E-state index contributed by atoms with van der Waals surface area (Å²) in [5.74, 6) is 0. The summed E-state index contributed by atoms with van der Waals surface area (Å²) < 4.78 is 39.5. The van der Waals surface area contributed by atoms with Crippen molar-refractivity contribution < 1.29 is 13.2 Å². The van der Waals surface area contributed by atoms with Gasteiger partial charge in [0.1, 0.15) is 0 Å². The monoisotopic (exact) mass is 241 g/mol. The van der Waals surface area contributed by atoms with Gasteiger partial charge in [0.15, 0.2) is 0 Å². The van der Waals surface area contributed by atoms with Crippen LogP contribution < -0.4 is 5.73 Å². The van der Waals surface area contributed by atoms with Gasteiger partial charge in [0.25, 0.3) is 0 Å². The maximum atomic E-state index is 12.8. The van der Waals surface area contributed by atoms with Gasteiger partial charge < -0.3 is 5.73 Å². The Kier molecular flexibility index (Phi) is 2.57. The number of rotatable bonds is 1. The number of aryl methyl sites for hydroxylation is 1. The molecule has 0 aliphatic heterocycles. The average molecular weight is 241 g/mol. The zero-order valence-corrected chi connectivity index (χ0v) is 8.99. The highest BCUT2D eigenvalue weighted by Gasteiger charge is 2.34. The Labute approximate surface area is 95.7 Å². The number of hydrogen-bond acceptors (Lipinski definition) is 2. The molecule has 0 radical (unpaired) electrons. The minimum absolute atomic E-state index is 0.0643. The fourth-order valence-electron chi connectivity index (χ4n) is 1.52. The maximum absolute atomic E-state index is 12.8. The van der Waals surface area contributed by atoms with Crippen LogP contribution in [0.1, 0.15) is 11.1 Å². The Morgan fingerprint density at radius 1 is 1.29 bits per heavy atom. The third kappa shape index (κ3) is 2.25. The highest BCUT2D eigenvalue weighted by molar-refractivity contribution is 5.53. The van der Waals surface area contributed by atoms with Gasteiger partial charge in [-0.2, -0.15) is 18.3 Å². The molecule has 2 N–H and O–H groups in total. The second kappa shape index (κ2) is 3.80. The molecule has 1 aromatic heterocycles. The van der Waals surface area contributed by atoms with Crippen LogP contribution in [-0.4, -0.2) is 9.78 Å². The summed E-state index contributed by atoms with van der Waals surface area (Å²) in [7, 11) is 0. The molecular weight excluding hydrogens is 231 g/mol. The van der Waals surface area contributed by atoms with Gasteiger partial charge in [-0.3, -0.25) is 0 Å². The second-order valence-electron chi connectivity index (χ2n) is 3.74. The molecule has 0 atom stereocenters. The predicted octanol–water partition coefficient (Wildman–Crippen LogP) is 2.78. The molecule has 3 nitrogen and oxygen atoms in total. The average Bonchev–Trinajstić information content (AvgIpc) is 2.62. The number of nitrogen functional groups attached to an aromatic ring is 1. The number of alkyl halides is 3. The first-order valence-corrected chi connectivity index (χ1v) is 4.86. The zero-order valence-electron chi connectivity index (χ0n) is 8.99. The van der Waals surface area contributed by atoms with E-state index < -0.39 is 11.7 Å².